The third-order valence-electron chi connectivity index (χ3n) is 2.68. The molecular weight excluding hydrogens is 162 g/mol. The van der Waals surface area contributed by atoms with Crippen molar-refractivity contribution in [3.05, 3.63) is 0 Å². The third kappa shape index (κ3) is 5.04. The molecule has 1 fully saturated rings. The third-order valence-corrected chi connectivity index (χ3v) is 2.68. The summed E-state index contributed by atoms with van der Waals surface area (Å²) in [6, 6.07) is 0.108. The normalized spacial score (nSPS) is 18.6. The lowest BCUT2D eigenvalue weighted by Gasteiger charge is -2.08. The highest BCUT2D eigenvalue weighted by Crippen LogP contribution is 2.33. The van der Waals surface area contributed by atoms with E-state index in [1.165, 1.54) is 12.8 Å². The fourth-order valence-electron chi connectivity index (χ4n) is 1.64. The molecule has 0 aromatic rings. The van der Waals surface area contributed by atoms with E-state index < -0.39 is 0 Å². The first-order chi connectivity index (χ1) is 6.22. The second kappa shape index (κ2) is 5.38. The Morgan fingerprint density at radius 2 is 2.23 bits per heavy atom. The number of ketones is 1. The Morgan fingerprint density at radius 1 is 1.54 bits per heavy atom. The molecule has 0 saturated heterocycles. The van der Waals surface area contributed by atoms with Crippen LogP contribution in [0.25, 0.3) is 0 Å². The standard InChI is InChI=1S/C11H21NO/c1-2-3-10(12)8-11(13)7-6-9-4-5-9/h9-10H,2-8,12H2,1H3. The van der Waals surface area contributed by atoms with Crippen LogP contribution < -0.4 is 5.73 Å². The SMILES string of the molecule is CCCC(N)CC(=O)CCC1CC1. The zero-order chi connectivity index (χ0) is 9.68. The van der Waals surface area contributed by atoms with Gasteiger partial charge in [-0.05, 0) is 18.8 Å². The van der Waals surface area contributed by atoms with E-state index in [0.717, 1.165) is 31.6 Å². The van der Waals surface area contributed by atoms with Gasteiger partial charge in [0, 0.05) is 18.9 Å². The molecule has 13 heavy (non-hydrogen) atoms. The largest absolute Gasteiger partial charge is 0.327 e. The fourth-order valence-corrected chi connectivity index (χ4v) is 1.64. The Balaban J connectivity index is 2.01. The topological polar surface area (TPSA) is 43.1 Å². The summed E-state index contributed by atoms with van der Waals surface area (Å²) in [5.41, 5.74) is 5.79. The Morgan fingerprint density at radius 3 is 2.77 bits per heavy atom. The molecule has 0 aromatic carbocycles. The maximum atomic E-state index is 11.4. The molecule has 0 bridgehead atoms. The van der Waals surface area contributed by atoms with E-state index in [9.17, 15) is 4.79 Å². The molecule has 1 atom stereocenters. The average molecular weight is 183 g/mol. The molecule has 76 valence electrons. The summed E-state index contributed by atoms with van der Waals surface area (Å²) in [5.74, 6) is 1.24. The van der Waals surface area contributed by atoms with E-state index in [2.05, 4.69) is 6.92 Å². The minimum absolute atomic E-state index is 0.108. The van der Waals surface area contributed by atoms with Crippen LogP contribution in [-0.2, 0) is 4.79 Å². The van der Waals surface area contributed by atoms with Crippen molar-refractivity contribution >= 4 is 5.78 Å². The summed E-state index contributed by atoms with van der Waals surface area (Å²) in [4.78, 5) is 11.4. The van der Waals surface area contributed by atoms with Gasteiger partial charge < -0.3 is 5.73 Å². The van der Waals surface area contributed by atoms with Crippen LogP contribution in [0, 0.1) is 5.92 Å². The maximum absolute atomic E-state index is 11.4. The van der Waals surface area contributed by atoms with Crippen molar-refractivity contribution in [1.29, 1.82) is 0 Å². The summed E-state index contributed by atoms with van der Waals surface area (Å²) in [7, 11) is 0. The smallest absolute Gasteiger partial charge is 0.134 e. The number of carbonyl (C=O) groups excluding carboxylic acids is 1. The first-order valence-electron chi connectivity index (χ1n) is 5.49. The Labute approximate surface area is 80.9 Å². The minimum Gasteiger partial charge on any atom is -0.327 e. The molecule has 0 radical (unpaired) electrons. The average Bonchev–Trinajstić information content (AvgIpc) is 2.84. The minimum atomic E-state index is 0.108. The number of nitrogens with two attached hydrogens (primary N) is 1. The van der Waals surface area contributed by atoms with E-state index in [-0.39, 0.29) is 6.04 Å². The molecule has 1 aliphatic rings. The highest BCUT2D eigenvalue weighted by Gasteiger charge is 2.22. The molecule has 1 unspecified atom stereocenters. The lowest BCUT2D eigenvalue weighted by atomic mass is 10.0. The number of rotatable bonds is 7. The molecule has 0 spiro atoms. The molecule has 2 nitrogen and oxygen atoms in total. The van der Waals surface area contributed by atoms with Crippen molar-refractivity contribution in [2.24, 2.45) is 11.7 Å². The molecule has 0 amide bonds. The van der Waals surface area contributed by atoms with E-state index in [1.807, 2.05) is 0 Å². The van der Waals surface area contributed by atoms with Gasteiger partial charge in [-0.1, -0.05) is 26.2 Å². The van der Waals surface area contributed by atoms with Crippen molar-refractivity contribution < 1.29 is 4.79 Å². The fraction of sp³-hybridized carbons (Fsp3) is 0.909. The lowest BCUT2D eigenvalue weighted by molar-refractivity contribution is -0.119. The summed E-state index contributed by atoms with van der Waals surface area (Å²) < 4.78 is 0. The number of Topliss-reactive ketones (excluding diaryl/α,β-unsaturated/α-hetero) is 1. The molecular formula is C11H21NO. The number of hydrogen-bond acceptors (Lipinski definition) is 2. The molecule has 0 heterocycles. The van der Waals surface area contributed by atoms with Gasteiger partial charge in [0.15, 0.2) is 0 Å². The van der Waals surface area contributed by atoms with Crippen molar-refractivity contribution in [3.8, 4) is 0 Å². The molecule has 1 rings (SSSR count). The second-order valence-electron chi connectivity index (χ2n) is 4.27. The Hall–Kier alpha value is -0.370. The Bertz CT molecular complexity index is 163. The van der Waals surface area contributed by atoms with E-state index in [0.29, 0.717) is 12.2 Å². The maximum Gasteiger partial charge on any atom is 0.134 e. The predicted octanol–water partition coefficient (Wildman–Crippen LogP) is 2.26. The van der Waals surface area contributed by atoms with Gasteiger partial charge in [-0.15, -0.1) is 0 Å². The number of hydrogen-bond donors (Lipinski definition) is 1. The van der Waals surface area contributed by atoms with Gasteiger partial charge in [0.2, 0.25) is 0 Å². The molecule has 0 aliphatic heterocycles. The van der Waals surface area contributed by atoms with E-state index in [4.69, 9.17) is 5.73 Å². The van der Waals surface area contributed by atoms with Gasteiger partial charge in [-0.3, -0.25) is 4.79 Å². The van der Waals surface area contributed by atoms with Gasteiger partial charge in [-0.25, -0.2) is 0 Å². The van der Waals surface area contributed by atoms with Crippen LogP contribution in [0.3, 0.4) is 0 Å². The van der Waals surface area contributed by atoms with Crippen LogP contribution >= 0.6 is 0 Å². The predicted molar refractivity (Wildman–Crippen MR) is 54.5 cm³/mol. The van der Waals surface area contributed by atoms with Gasteiger partial charge in [-0.2, -0.15) is 0 Å². The van der Waals surface area contributed by atoms with Crippen LogP contribution in [-0.4, -0.2) is 11.8 Å². The van der Waals surface area contributed by atoms with Crippen molar-refractivity contribution in [3.63, 3.8) is 0 Å². The summed E-state index contributed by atoms with van der Waals surface area (Å²) in [6.07, 6.45) is 7.22. The summed E-state index contributed by atoms with van der Waals surface area (Å²) >= 11 is 0. The van der Waals surface area contributed by atoms with Crippen LogP contribution in [0.2, 0.25) is 0 Å². The van der Waals surface area contributed by atoms with Crippen LogP contribution in [0.1, 0.15) is 51.9 Å². The van der Waals surface area contributed by atoms with Gasteiger partial charge in [0.05, 0.1) is 0 Å². The van der Waals surface area contributed by atoms with Crippen LogP contribution in [0.4, 0.5) is 0 Å². The molecule has 1 aliphatic carbocycles. The highest BCUT2D eigenvalue weighted by molar-refractivity contribution is 5.78. The zero-order valence-electron chi connectivity index (χ0n) is 8.59. The lowest BCUT2D eigenvalue weighted by Crippen LogP contribution is -2.23. The van der Waals surface area contributed by atoms with Crippen LogP contribution in [0.5, 0.6) is 0 Å². The molecule has 1 saturated carbocycles. The van der Waals surface area contributed by atoms with Crippen molar-refractivity contribution in [2.45, 2.75) is 57.9 Å². The van der Waals surface area contributed by atoms with E-state index in [1.54, 1.807) is 0 Å². The highest BCUT2D eigenvalue weighted by atomic mass is 16.1. The summed E-state index contributed by atoms with van der Waals surface area (Å²) in [5, 5.41) is 0. The molecule has 2 heteroatoms. The summed E-state index contributed by atoms with van der Waals surface area (Å²) in [6.45, 7) is 2.11. The molecule has 2 N–H and O–H groups in total. The second-order valence-corrected chi connectivity index (χ2v) is 4.27. The van der Waals surface area contributed by atoms with Crippen molar-refractivity contribution in [2.75, 3.05) is 0 Å². The number of carbonyl (C=O) groups is 1. The van der Waals surface area contributed by atoms with Gasteiger partial charge in [0.1, 0.15) is 5.78 Å². The van der Waals surface area contributed by atoms with Gasteiger partial charge in [0.25, 0.3) is 0 Å². The first kappa shape index (κ1) is 10.7. The quantitative estimate of drug-likeness (QED) is 0.658. The van der Waals surface area contributed by atoms with Crippen molar-refractivity contribution in [1.82, 2.24) is 0 Å². The van der Waals surface area contributed by atoms with Crippen LogP contribution in [0.15, 0.2) is 0 Å². The van der Waals surface area contributed by atoms with E-state index >= 15 is 0 Å². The zero-order valence-corrected chi connectivity index (χ0v) is 8.59. The Kier molecular flexibility index (Phi) is 4.43. The monoisotopic (exact) mass is 183 g/mol. The first-order valence-corrected chi connectivity index (χ1v) is 5.49. The molecule has 0 aromatic heterocycles. The van der Waals surface area contributed by atoms with Gasteiger partial charge >= 0.3 is 0 Å².